The smallest absolute Gasteiger partial charge is 0.221 e. The highest BCUT2D eigenvalue weighted by Gasteiger charge is 2.47. The molecule has 0 aromatic carbocycles. The van der Waals surface area contributed by atoms with Crippen LogP contribution in [0.3, 0.4) is 0 Å². The maximum absolute atomic E-state index is 12.1. The van der Waals surface area contributed by atoms with E-state index >= 15 is 0 Å². The number of hydrogen-bond acceptors (Lipinski definition) is 4. The molecule has 0 aromatic heterocycles. The van der Waals surface area contributed by atoms with Gasteiger partial charge >= 0.3 is 31.1 Å². The van der Waals surface area contributed by atoms with Crippen LogP contribution in [0.5, 0.6) is 0 Å². The normalized spacial score (nSPS) is 23.8. The fraction of sp³-hybridized carbons (Fsp3) is 1.00. The molecule has 0 bridgehead atoms. The van der Waals surface area contributed by atoms with Gasteiger partial charge in [-0.3, -0.25) is 0 Å². The molecule has 0 spiro atoms. The van der Waals surface area contributed by atoms with Gasteiger partial charge in [-0.2, -0.15) is 26.3 Å². The number of halogens is 6. The van der Waals surface area contributed by atoms with Crippen LogP contribution in [0, 0.1) is 5.92 Å². The van der Waals surface area contributed by atoms with E-state index in [1.54, 1.807) is 11.6 Å². The molecule has 2 atom stereocenters. The molecule has 1 rings (SSSR count). The number of nitrogens with one attached hydrogen (secondary N) is 1. The Morgan fingerprint density at radius 2 is 1.30 bits per heavy atom. The van der Waals surface area contributed by atoms with Crippen molar-refractivity contribution in [1.29, 1.82) is 0 Å². The Morgan fingerprint density at radius 1 is 0.913 bits per heavy atom. The van der Waals surface area contributed by atoms with Crippen molar-refractivity contribution < 1.29 is 43.2 Å². The summed E-state index contributed by atoms with van der Waals surface area (Å²) >= 11 is 0. The molecule has 6 nitrogen and oxygen atoms in total. The number of sulfonamides is 2. The second kappa shape index (κ2) is 7.53. The van der Waals surface area contributed by atoms with E-state index in [0.717, 1.165) is 19.3 Å². The minimum Gasteiger partial charge on any atom is -0.221 e. The average molecular weight is 394 g/mol. The standard InChI is InChI=1S/C8H14F3NO2S.CH2F3NO2S/c1-6-4-2-3-5-7(6)12-15(13,14)8(9,10)11;2-1(3,4)8(5,6)7/h6-7,12H,2-5H2,1H3;(H2,5,6,7). The maximum atomic E-state index is 12.1. The van der Waals surface area contributed by atoms with Crippen LogP contribution in [-0.2, 0) is 20.0 Å². The lowest BCUT2D eigenvalue weighted by atomic mass is 9.87. The molecule has 1 saturated carbocycles. The summed E-state index contributed by atoms with van der Waals surface area (Å²) in [6, 6.07) is -0.578. The third kappa shape index (κ3) is 7.22. The van der Waals surface area contributed by atoms with Gasteiger partial charge in [0.15, 0.2) is 0 Å². The summed E-state index contributed by atoms with van der Waals surface area (Å²) in [5.41, 5.74) is -10.5. The molecule has 1 fully saturated rings. The van der Waals surface area contributed by atoms with Gasteiger partial charge in [0, 0.05) is 6.04 Å². The molecule has 0 aromatic rings. The van der Waals surface area contributed by atoms with Gasteiger partial charge in [-0.15, -0.1) is 0 Å². The summed E-state index contributed by atoms with van der Waals surface area (Å²) in [6.45, 7) is 1.77. The highest BCUT2D eigenvalue weighted by atomic mass is 32.2. The highest BCUT2D eigenvalue weighted by molar-refractivity contribution is 7.90. The predicted molar refractivity (Wildman–Crippen MR) is 68.7 cm³/mol. The van der Waals surface area contributed by atoms with Crippen molar-refractivity contribution in [2.24, 2.45) is 11.1 Å². The first-order valence-electron chi connectivity index (χ1n) is 6.16. The van der Waals surface area contributed by atoms with Gasteiger partial charge in [-0.1, -0.05) is 19.8 Å². The molecule has 0 aliphatic heterocycles. The first kappa shape index (κ1) is 22.4. The lowest BCUT2D eigenvalue weighted by molar-refractivity contribution is -0.0455. The molecule has 0 amide bonds. The SMILES string of the molecule is CC1CCCCC1NS(=O)(=O)C(F)(F)F.NS(=O)(=O)C(F)(F)F. The highest BCUT2D eigenvalue weighted by Crippen LogP contribution is 2.28. The van der Waals surface area contributed by atoms with Gasteiger partial charge < -0.3 is 0 Å². The summed E-state index contributed by atoms with van der Waals surface area (Å²) in [5, 5.41) is 3.66. The van der Waals surface area contributed by atoms with Crippen LogP contribution >= 0.6 is 0 Å². The molecular formula is C9H16F6N2O4S2. The van der Waals surface area contributed by atoms with Gasteiger partial charge in [0.25, 0.3) is 0 Å². The van der Waals surface area contributed by atoms with Crippen LogP contribution in [-0.4, -0.2) is 33.9 Å². The first-order valence-corrected chi connectivity index (χ1v) is 9.19. The van der Waals surface area contributed by atoms with E-state index in [0.29, 0.717) is 6.42 Å². The topological polar surface area (TPSA) is 106 Å². The zero-order valence-corrected chi connectivity index (χ0v) is 13.4. The Morgan fingerprint density at radius 3 is 1.61 bits per heavy atom. The third-order valence-electron chi connectivity index (χ3n) is 3.05. The van der Waals surface area contributed by atoms with E-state index in [2.05, 4.69) is 5.14 Å². The van der Waals surface area contributed by atoms with Gasteiger partial charge in [0.2, 0.25) is 0 Å². The van der Waals surface area contributed by atoms with E-state index in [9.17, 15) is 43.2 Å². The Kier molecular flexibility index (Phi) is 7.33. The van der Waals surface area contributed by atoms with Crippen LogP contribution in [0.1, 0.15) is 32.6 Å². The molecule has 3 N–H and O–H groups in total. The van der Waals surface area contributed by atoms with Crippen molar-refractivity contribution in [2.75, 3.05) is 0 Å². The second-order valence-electron chi connectivity index (χ2n) is 4.93. The van der Waals surface area contributed by atoms with Crippen LogP contribution in [0.15, 0.2) is 0 Å². The number of hydrogen-bond donors (Lipinski definition) is 2. The van der Waals surface area contributed by atoms with Gasteiger partial charge in [0.05, 0.1) is 0 Å². The van der Waals surface area contributed by atoms with E-state index in [4.69, 9.17) is 0 Å². The van der Waals surface area contributed by atoms with Crippen LogP contribution < -0.4 is 9.86 Å². The van der Waals surface area contributed by atoms with Crippen LogP contribution in [0.2, 0.25) is 0 Å². The first-order chi connectivity index (χ1) is 9.99. The van der Waals surface area contributed by atoms with Crippen molar-refractivity contribution in [3.05, 3.63) is 0 Å². The zero-order valence-electron chi connectivity index (χ0n) is 11.8. The summed E-state index contributed by atoms with van der Waals surface area (Å²) in [7, 11) is -10.5. The van der Waals surface area contributed by atoms with Crippen molar-refractivity contribution in [3.63, 3.8) is 0 Å². The van der Waals surface area contributed by atoms with Crippen LogP contribution in [0.25, 0.3) is 0 Å². The number of primary sulfonamides is 1. The van der Waals surface area contributed by atoms with Gasteiger partial charge in [-0.05, 0) is 18.8 Å². The van der Waals surface area contributed by atoms with E-state index in [-0.39, 0.29) is 5.92 Å². The molecule has 2 unspecified atom stereocenters. The number of alkyl halides is 6. The summed E-state index contributed by atoms with van der Waals surface area (Å²) in [4.78, 5) is 0. The summed E-state index contributed by atoms with van der Waals surface area (Å²) in [5.74, 6) is -0.0316. The molecule has 14 heteroatoms. The summed E-state index contributed by atoms with van der Waals surface area (Å²) < 4.78 is 111. The third-order valence-corrected chi connectivity index (χ3v) is 4.91. The molecule has 0 saturated heterocycles. The predicted octanol–water partition coefficient (Wildman–Crippen LogP) is 1.80. The Bertz CT molecular complexity index is 584. The van der Waals surface area contributed by atoms with Gasteiger partial charge in [-0.25, -0.2) is 26.7 Å². The fourth-order valence-electron chi connectivity index (χ4n) is 1.76. The molecule has 1 aliphatic carbocycles. The Labute approximate surface area is 129 Å². The molecule has 140 valence electrons. The van der Waals surface area contributed by atoms with E-state index in [1.807, 2.05) is 0 Å². The maximum Gasteiger partial charge on any atom is 0.511 e. The molecule has 1 aliphatic rings. The molecule has 23 heavy (non-hydrogen) atoms. The quantitative estimate of drug-likeness (QED) is 0.697. The average Bonchev–Trinajstić information content (AvgIpc) is 2.28. The van der Waals surface area contributed by atoms with Crippen molar-refractivity contribution in [2.45, 2.75) is 49.7 Å². The number of nitrogens with two attached hydrogens (primary N) is 1. The molecule has 0 heterocycles. The lowest BCUT2D eigenvalue weighted by Gasteiger charge is -2.29. The van der Waals surface area contributed by atoms with Crippen LogP contribution in [0.4, 0.5) is 26.3 Å². The van der Waals surface area contributed by atoms with Crippen molar-refractivity contribution in [3.8, 4) is 0 Å². The Balaban J connectivity index is 0.000000515. The minimum absolute atomic E-state index is 0.0316. The lowest BCUT2D eigenvalue weighted by Crippen LogP contribution is -2.46. The van der Waals surface area contributed by atoms with Crippen molar-refractivity contribution >= 4 is 20.0 Å². The molecular weight excluding hydrogens is 378 g/mol. The second-order valence-corrected chi connectivity index (χ2v) is 8.18. The van der Waals surface area contributed by atoms with Gasteiger partial charge in [0.1, 0.15) is 0 Å². The van der Waals surface area contributed by atoms with E-state index in [1.165, 1.54) is 0 Å². The monoisotopic (exact) mass is 394 g/mol. The Hall–Kier alpha value is -0.600. The minimum atomic E-state index is -5.34. The molecule has 0 radical (unpaired) electrons. The largest absolute Gasteiger partial charge is 0.511 e. The zero-order chi connectivity index (χ0) is 18.7. The summed E-state index contributed by atoms with van der Waals surface area (Å²) in [6.07, 6.45) is 2.97. The fourth-order valence-corrected chi connectivity index (χ4v) is 2.64. The number of rotatable bonds is 2. The van der Waals surface area contributed by atoms with Crippen molar-refractivity contribution in [1.82, 2.24) is 4.72 Å². The van der Waals surface area contributed by atoms with E-state index < -0.39 is 37.1 Å².